The fourth-order valence-electron chi connectivity index (χ4n) is 3.48. The molecule has 32 heavy (non-hydrogen) atoms. The third-order valence-electron chi connectivity index (χ3n) is 5.15. The van der Waals surface area contributed by atoms with Gasteiger partial charge in [-0.15, -0.1) is 0 Å². The topological polar surface area (TPSA) is 92.5 Å². The molecule has 1 aromatic heterocycles. The molecule has 0 unspecified atom stereocenters. The third kappa shape index (κ3) is 5.02. The van der Waals surface area contributed by atoms with Gasteiger partial charge in [-0.05, 0) is 12.1 Å². The van der Waals surface area contributed by atoms with Gasteiger partial charge in [0.2, 0.25) is 0 Å². The molecule has 2 heterocycles. The van der Waals surface area contributed by atoms with Crippen LogP contribution in [0, 0.1) is 15.9 Å². The lowest BCUT2D eigenvalue weighted by Crippen LogP contribution is -2.47. The maximum Gasteiger partial charge on any atom is 0.270 e. The molecule has 0 amide bonds. The van der Waals surface area contributed by atoms with Crippen LogP contribution in [0.3, 0.4) is 0 Å². The maximum atomic E-state index is 14.0. The minimum absolute atomic E-state index is 0.110. The van der Waals surface area contributed by atoms with E-state index in [0.29, 0.717) is 42.5 Å². The van der Waals surface area contributed by atoms with Gasteiger partial charge in [0.05, 0.1) is 16.4 Å². The molecule has 4 rings (SSSR count). The highest BCUT2D eigenvalue weighted by Gasteiger charge is 2.21. The second kappa shape index (κ2) is 9.73. The molecule has 1 saturated heterocycles. The van der Waals surface area contributed by atoms with Crippen molar-refractivity contribution < 1.29 is 14.1 Å². The molecular formula is C22H20FN5O3S. The Balaban J connectivity index is 1.36. The van der Waals surface area contributed by atoms with Crippen LogP contribution in [0.2, 0.25) is 0 Å². The molecule has 0 N–H and O–H groups in total. The van der Waals surface area contributed by atoms with Crippen molar-refractivity contribution >= 4 is 34.7 Å². The predicted molar refractivity (Wildman–Crippen MR) is 121 cm³/mol. The first-order valence-electron chi connectivity index (χ1n) is 9.98. The van der Waals surface area contributed by atoms with E-state index in [1.54, 1.807) is 18.2 Å². The average Bonchev–Trinajstić information content (AvgIpc) is 2.83. The molecule has 1 aliphatic rings. The average molecular weight is 453 g/mol. The highest BCUT2D eigenvalue weighted by atomic mass is 32.2. The van der Waals surface area contributed by atoms with E-state index in [1.165, 1.54) is 42.4 Å². The van der Waals surface area contributed by atoms with Crippen molar-refractivity contribution in [2.45, 2.75) is 5.03 Å². The number of Topliss-reactive ketones (excluding diaryl/α,β-unsaturated/α-hetero) is 1. The largest absolute Gasteiger partial charge is 0.366 e. The Hall–Kier alpha value is -3.53. The summed E-state index contributed by atoms with van der Waals surface area (Å²) in [5, 5.41) is 11.6. The molecule has 164 valence electrons. The first-order chi connectivity index (χ1) is 15.5. The van der Waals surface area contributed by atoms with Crippen LogP contribution in [0.1, 0.15) is 10.4 Å². The number of carbonyl (C=O) groups is 1. The molecule has 1 fully saturated rings. The molecule has 0 bridgehead atoms. The van der Waals surface area contributed by atoms with E-state index in [0.717, 1.165) is 5.82 Å². The Morgan fingerprint density at radius 3 is 2.53 bits per heavy atom. The zero-order chi connectivity index (χ0) is 22.5. The molecule has 2 aromatic carbocycles. The Morgan fingerprint density at radius 2 is 1.78 bits per heavy atom. The lowest BCUT2D eigenvalue weighted by molar-refractivity contribution is -0.384. The van der Waals surface area contributed by atoms with E-state index in [-0.39, 0.29) is 23.0 Å². The number of non-ortho nitro benzene ring substituents is 1. The number of rotatable bonds is 7. The molecule has 0 aliphatic carbocycles. The van der Waals surface area contributed by atoms with Crippen LogP contribution in [0.15, 0.2) is 66.0 Å². The van der Waals surface area contributed by atoms with Crippen molar-refractivity contribution in [1.82, 2.24) is 9.97 Å². The number of nitrogens with zero attached hydrogens (tertiary/aromatic N) is 5. The molecule has 0 saturated carbocycles. The maximum absolute atomic E-state index is 14.0. The molecule has 8 nitrogen and oxygen atoms in total. The highest BCUT2D eigenvalue weighted by molar-refractivity contribution is 7.99. The lowest BCUT2D eigenvalue weighted by Gasteiger charge is -2.36. The van der Waals surface area contributed by atoms with Crippen molar-refractivity contribution in [3.8, 4) is 0 Å². The second-order valence-corrected chi connectivity index (χ2v) is 8.15. The number of thioether (sulfide) groups is 1. The smallest absolute Gasteiger partial charge is 0.270 e. The van der Waals surface area contributed by atoms with Crippen LogP contribution in [0.25, 0.3) is 0 Å². The van der Waals surface area contributed by atoms with E-state index in [4.69, 9.17) is 0 Å². The summed E-state index contributed by atoms with van der Waals surface area (Å²) in [5.74, 6) is 0.421. The lowest BCUT2D eigenvalue weighted by atomic mass is 10.1. The Morgan fingerprint density at radius 1 is 1.03 bits per heavy atom. The number of para-hydroxylation sites is 1. The monoisotopic (exact) mass is 453 g/mol. The number of nitro groups is 1. The van der Waals surface area contributed by atoms with Crippen molar-refractivity contribution in [2.24, 2.45) is 0 Å². The van der Waals surface area contributed by atoms with E-state index in [2.05, 4.69) is 14.9 Å². The molecule has 3 aromatic rings. The molecule has 10 heteroatoms. The van der Waals surface area contributed by atoms with Gasteiger partial charge in [0, 0.05) is 49.9 Å². The van der Waals surface area contributed by atoms with Crippen LogP contribution in [-0.4, -0.2) is 52.6 Å². The zero-order valence-electron chi connectivity index (χ0n) is 17.1. The summed E-state index contributed by atoms with van der Waals surface area (Å²) in [6.07, 6.45) is 1.46. The minimum atomic E-state index is -0.521. The van der Waals surface area contributed by atoms with Gasteiger partial charge in [0.25, 0.3) is 5.69 Å². The van der Waals surface area contributed by atoms with Crippen molar-refractivity contribution in [3.05, 3.63) is 82.4 Å². The molecule has 0 atom stereocenters. The second-order valence-electron chi connectivity index (χ2n) is 7.16. The van der Waals surface area contributed by atoms with Gasteiger partial charge >= 0.3 is 0 Å². The Bertz CT molecular complexity index is 1140. The molecule has 0 spiro atoms. The minimum Gasteiger partial charge on any atom is -0.366 e. The van der Waals surface area contributed by atoms with Gasteiger partial charge < -0.3 is 9.80 Å². The van der Waals surface area contributed by atoms with Crippen LogP contribution < -0.4 is 9.80 Å². The quantitative estimate of drug-likeness (QED) is 0.175. The van der Waals surface area contributed by atoms with Crippen LogP contribution in [-0.2, 0) is 0 Å². The Labute approximate surface area is 188 Å². The number of anilines is 2. The first-order valence-corrected chi connectivity index (χ1v) is 11.0. The SMILES string of the molecule is O=C(CSc1cc(N2CCN(c3ccccc3F)CC2)ncn1)c1cccc([N+](=O)[O-])c1. The summed E-state index contributed by atoms with van der Waals surface area (Å²) in [4.78, 5) is 35.5. The Kier molecular flexibility index (Phi) is 6.60. The number of aromatic nitrogens is 2. The summed E-state index contributed by atoms with van der Waals surface area (Å²) in [6.45, 7) is 2.70. The number of halogens is 1. The summed E-state index contributed by atoms with van der Waals surface area (Å²) in [5.41, 5.74) is 0.788. The van der Waals surface area contributed by atoms with E-state index >= 15 is 0 Å². The number of nitro benzene ring substituents is 1. The zero-order valence-corrected chi connectivity index (χ0v) is 17.9. The summed E-state index contributed by atoms with van der Waals surface area (Å²) >= 11 is 1.26. The van der Waals surface area contributed by atoms with Crippen molar-refractivity contribution in [1.29, 1.82) is 0 Å². The normalized spacial score (nSPS) is 13.8. The first kappa shape index (κ1) is 21.7. The molecule has 0 radical (unpaired) electrons. The van der Waals surface area contributed by atoms with Crippen LogP contribution in [0.4, 0.5) is 21.6 Å². The number of hydrogen-bond acceptors (Lipinski definition) is 8. The molecule has 1 aliphatic heterocycles. The number of hydrogen-bond donors (Lipinski definition) is 0. The van der Waals surface area contributed by atoms with E-state index < -0.39 is 4.92 Å². The van der Waals surface area contributed by atoms with Gasteiger partial charge in [-0.1, -0.05) is 36.0 Å². The third-order valence-corrected chi connectivity index (χ3v) is 6.08. The summed E-state index contributed by atoms with van der Waals surface area (Å²) < 4.78 is 14.0. The van der Waals surface area contributed by atoms with Crippen molar-refractivity contribution in [2.75, 3.05) is 41.7 Å². The van der Waals surface area contributed by atoms with Crippen LogP contribution >= 0.6 is 11.8 Å². The fraction of sp³-hybridized carbons (Fsp3) is 0.227. The number of carbonyl (C=O) groups excluding carboxylic acids is 1. The predicted octanol–water partition coefficient (Wildman–Crippen LogP) is 3.83. The van der Waals surface area contributed by atoms with Gasteiger partial charge in [-0.2, -0.15) is 0 Å². The number of benzene rings is 2. The van der Waals surface area contributed by atoms with Gasteiger partial charge in [0.15, 0.2) is 5.78 Å². The van der Waals surface area contributed by atoms with E-state index in [1.807, 2.05) is 17.0 Å². The van der Waals surface area contributed by atoms with Crippen molar-refractivity contribution in [3.63, 3.8) is 0 Å². The summed E-state index contributed by atoms with van der Waals surface area (Å²) in [6, 6.07) is 14.3. The molecular weight excluding hydrogens is 433 g/mol. The van der Waals surface area contributed by atoms with E-state index in [9.17, 15) is 19.3 Å². The number of ketones is 1. The summed E-state index contributed by atoms with van der Waals surface area (Å²) in [7, 11) is 0. The van der Waals surface area contributed by atoms with Gasteiger partial charge in [-0.3, -0.25) is 14.9 Å². The van der Waals surface area contributed by atoms with Gasteiger partial charge in [-0.25, -0.2) is 14.4 Å². The standard InChI is InChI=1S/C22H20FN5O3S/c23-18-6-1-2-7-19(18)26-8-10-27(11-9-26)21-13-22(25-15-24-21)32-14-20(29)16-4-3-5-17(12-16)28(30)31/h1-7,12-13,15H,8-11,14H2. The fourth-order valence-corrected chi connectivity index (χ4v) is 4.24. The van der Waals surface area contributed by atoms with Crippen LogP contribution in [0.5, 0.6) is 0 Å². The van der Waals surface area contributed by atoms with Gasteiger partial charge in [0.1, 0.15) is 23.0 Å². The number of piperazine rings is 1. The highest BCUT2D eigenvalue weighted by Crippen LogP contribution is 2.25.